The number of hydrogen-bond donors (Lipinski definition) is 1. The molecule has 8 heteroatoms. The molecule has 154 valence electrons. The zero-order valence-corrected chi connectivity index (χ0v) is 18.9. The lowest BCUT2D eigenvalue weighted by Gasteiger charge is -2.28. The van der Waals surface area contributed by atoms with Crippen molar-refractivity contribution in [2.75, 3.05) is 18.1 Å². The molecule has 0 aromatic heterocycles. The zero-order valence-electron chi connectivity index (χ0n) is 15.7. The third-order valence-corrected chi connectivity index (χ3v) is 10.1. The third kappa shape index (κ3) is 3.10. The van der Waals surface area contributed by atoms with E-state index in [0.29, 0.717) is 17.8 Å². The van der Waals surface area contributed by atoms with Crippen molar-refractivity contribution in [3.63, 3.8) is 0 Å². The summed E-state index contributed by atoms with van der Waals surface area (Å²) in [6.45, 7) is 1.21. The van der Waals surface area contributed by atoms with Crippen LogP contribution < -0.4 is 10.2 Å². The number of fused-ring (bicyclic) bond motifs is 5. The van der Waals surface area contributed by atoms with Crippen LogP contribution in [0.5, 0.6) is 0 Å². The molecule has 4 aliphatic rings. The summed E-state index contributed by atoms with van der Waals surface area (Å²) in [4.78, 5) is 40.6. The molecule has 29 heavy (non-hydrogen) atoms. The van der Waals surface area contributed by atoms with Crippen molar-refractivity contribution >= 4 is 55.3 Å². The van der Waals surface area contributed by atoms with E-state index in [2.05, 4.69) is 37.2 Å². The number of nitrogens with one attached hydrogen (secondary N) is 1. The number of imide groups is 1. The molecule has 1 N–H and O–H groups in total. The SMILES string of the molecule is O=C(NC[C@@H]1CCCO1)c1cccc(N2C(=O)[C@@H]3[C@@H]4C[C@H]([C@H](Br)[C@@H]4Br)[C@@H]3C2=O)c1. The molecule has 3 amide bonds. The Kier molecular flexibility index (Phi) is 5.07. The lowest BCUT2D eigenvalue weighted by Crippen LogP contribution is -2.37. The van der Waals surface area contributed by atoms with Crippen LogP contribution in [0.1, 0.15) is 29.6 Å². The first kappa shape index (κ1) is 19.7. The first-order valence-corrected chi connectivity index (χ1v) is 12.0. The standard InChI is InChI=1S/C21H22Br2N2O4/c22-17-13-8-14(18(17)23)16-15(13)20(27)25(21(16)28)11-4-1-3-10(7-11)19(26)24-9-12-5-2-6-29-12/h1,3-4,7,12-18H,2,5-6,8-9H2,(H,24,26)/t12-,13-,14-,15-,16+,17-,18+/m0/s1. The van der Waals surface area contributed by atoms with Gasteiger partial charge in [0, 0.05) is 28.4 Å². The minimum atomic E-state index is -0.261. The molecule has 2 saturated carbocycles. The summed E-state index contributed by atoms with van der Waals surface area (Å²) >= 11 is 7.41. The maximum atomic E-state index is 13.2. The zero-order chi connectivity index (χ0) is 20.3. The molecule has 1 aromatic rings. The van der Waals surface area contributed by atoms with Gasteiger partial charge in [-0.15, -0.1) is 0 Å². The average molecular weight is 526 g/mol. The molecule has 0 spiro atoms. The molecule has 2 aliphatic heterocycles. The number of ether oxygens (including phenoxy) is 1. The van der Waals surface area contributed by atoms with Crippen molar-refractivity contribution < 1.29 is 19.1 Å². The Balaban J connectivity index is 1.35. The molecule has 1 aromatic carbocycles. The highest BCUT2D eigenvalue weighted by Gasteiger charge is 2.66. The lowest BCUT2D eigenvalue weighted by molar-refractivity contribution is -0.123. The first-order valence-electron chi connectivity index (χ1n) is 10.1. The molecule has 4 fully saturated rings. The predicted molar refractivity (Wildman–Crippen MR) is 114 cm³/mol. The van der Waals surface area contributed by atoms with Gasteiger partial charge in [0.2, 0.25) is 11.8 Å². The van der Waals surface area contributed by atoms with Gasteiger partial charge in [0.15, 0.2) is 0 Å². The second-order valence-electron chi connectivity index (χ2n) is 8.41. The highest BCUT2D eigenvalue weighted by molar-refractivity contribution is 9.12. The fourth-order valence-corrected chi connectivity index (χ4v) is 7.38. The second-order valence-corrected chi connectivity index (χ2v) is 10.5. The number of alkyl halides is 2. The smallest absolute Gasteiger partial charge is 0.251 e. The van der Waals surface area contributed by atoms with Crippen LogP contribution in [0.25, 0.3) is 0 Å². The molecule has 0 unspecified atom stereocenters. The van der Waals surface area contributed by atoms with Crippen molar-refractivity contribution in [1.82, 2.24) is 5.32 Å². The Morgan fingerprint density at radius 1 is 1.14 bits per heavy atom. The molecular formula is C21H22Br2N2O4. The Hall–Kier alpha value is -1.25. The van der Waals surface area contributed by atoms with E-state index in [0.717, 1.165) is 25.9 Å². The van der Waals surface area contributed by atoms with Gasteiger partial charge in [-0.3, -0.25) is 19.3 Å². The Morgan fingerprint density at radius 2 is 1.83 bits per heavy atom. The summed E-state index contributed by atoms with van der Waals surface area (Å²) in [6.07, 6.45) is 2.93. The van der Waals surface area contributed by atoms with Gasteiger partial charge < -0.3 is 10.1 Å². The van der Waals surface area contributed by atoms with Crippen LogP contribution in [0.4, 0.5) is 5.69 Å². The first-order chi connectivity index (χ1) is 14.0. The highest BCUT2D eigenvalue weighted by Crippen LogP contribution is 2.60. The molecule has 5 rings (SSSR count). The van der Waals surface area contributed by atoms with Crippen molar-refractivity contribution in [2.45, 2.75) is 35.0 Å². The number of carbonyl (C=O) groups is 3. The molecule has 0 radical (unpaired) electrons. The lowest BCUT2D eigenvalue weighted by atomic mass is 9.81. The van der Waals surface area contributed by atoms with Gasteiger partial charge in [0.1, 0.15) is 0 Å². The van der Waals surface area contributed by atoms with Crippen LogP contribution in [0.15, 0.2) is 24.3 Å². The summed E-state index contributed by atoms with van der Waals surface area (Å²) in [5, 5.41) is 2.89. The Bertz CT molecular complexity index is 840. The average Bonchev–Trinajstić information content (AvgIpc) is 3.47. The number of nitrogens with zero attached hydrogens (tertiary/aromatic N) is 1. The molecule has 7 atom stereocenters. The van der Waals surface area contributed by atoms with Crippen LogP contribution in [0, 0.1) is 23.7 Å². The topological polar surface area (TPSA) is 75.7 Å². The number of rotatable bonds is 4. The maximum absolute atomic E-state index is 13.2. The minimum absolute atomic E-state index is 0.0631. The summed E-state index contributed by atoms with van der Waals surface area (Å²) in [7, 11) is 0. The fraction of sp³-hybridized carbons (Fsp3) is 0.571. The number of amides is 3. The van der Waals surface area contributed by atoms with E-state index in [1.165, 1.54) is 4.90 Å². The second kappa shape index (κ2) is 7.46. The van der Waals surface area contributed by atoms with E-state index in [1.54, 1.807) is 24.3 Å². The van der Waals surface area contributed by atoms with Crippen LogP contribution >= 0.6 is 31.9 Å². The highest BCUT2D eigenvalue weighted by atomic mass is 79.9. The van der Waals surface area contributed by atoms with Gasteiger partial charge in [0.05, 0.1) is 23.6 Å². The van der Waals surface area contributed by atoms with Crippen molar-refractivity contribution in [2.24, 2.45) is 23.7 Å². The van der Waals surface area contributed by atoms with E-state index in [4.69, 9.17) is 4.74 Å². The van der Waals surface area contributed by atoms with Crippen molar-refractivity contribution in [3.05, 3.63) is 29.8 Å². The van der Waals surface area contributed by atoms with Gasteiger partial charge in [-0.25, -0.2) is 0 Å². The van der Waals surface area contributed by atoms with Crippen LogP contribution in [-0.2, 0) is 14.3 Å². The summed E-state index contributed by atoms with van der Waals surface area (Å²) < 4.78 is 5.54. The predicted octanol–water partition coefficient (Wildman–Crippen LogP) is 2.88. The van der Waals surface area contributed by atoms with Crippen LogP contribution in [0.3, 0.4) is 0 Å². The van der Waals surface area contributed by atoms with Gasteiger partial charge in [0.25, 0.3) is 5.91 Å². The van der Waals surface area contributed by atoms with Gasteiger partial charge in [-0.1, -0.05) is 37.9 Å². The van der Waals surface area contributed by atoms with E-state index in [-0.39, 0.29) is 57.2 Å². The number of carbonyl (C=O) groups excluding carboxylic acids is 3. The fourth-order valence-electron chi connectivity index (χ4n) is 5.50. The number of hydrogen-bond acceptors (Lipinski definition) is 4. The quantitative estimate of drug-likeness (QED) is 0.484. The molecule has 2 aliphatic carbocycles. The van der Waals surface area contributed by atoms with E-state index < -0.39 is 0 Å². The number of benzene rings is 1. The molecule has 2 heterocycles. The van der Waals surface area contributed by atoms with Crippen molar-refractivity contribution in [1.29, 1.82) is 0 Å². The van der Waals surface area contributed by atoms with Crippen LogP contribution in [0.2, 0.25) is 0 Å². The van der Waals surface area contributed by atoms with Crippen LogP contribution in [-0.4, -0.2) is 46.6 Å². The van der Waals surface area contributed by atoms with Crippen molar-refractivity contribution in [3.8, 4) is 0 Å². The van der Waals surface area contributed by atoms with E-state index in [1.807, 2.05) is 0 Å². The normalized spacial score (nSPS) is 38.0. The summed E-state index contributed by atoms with van der Waals surface area (Å²) in [6, 6.07) is 6.79. The Morgan fingerprint density at radius 3 is 2.45 bits per heavy atom. The molecule has 6 nitrogen and oxygen atoms in total. The summed E-state index contributed by atoms with van der Waals surface area (Å²) in [5.74, 6) is -0.655. The molecule has 2 saturated heterocycles. The largest absolute Gasteiger partial charge is 0.376 e. The Labute approximate surface area is 186 Å². The number of halogens is 2. The monoisotopic (exact) mass is 524 g/mol. The maximum Gasteiger partial charge on any atom is 0.251 e. The third-order valence-electron chi connectivity index (χ3n) is 6.87. The van der Waals surface area contributed by atoms with E-state index in [9.17, 15) is 14.4 Å². The van der Waals surface area contributed by atoms with Gasteiger partial charge >= 0.3 is 0 Å². The van der Waals surface area contributed by atoms with Gasteiger partial charge in [-0.05, 0) is 49.3 Å². The molecular weight excluding hydrogens is 504 g/mol. The van der Waals surface area contributed by atoms with Gasteiger partial charge in [-0.2, -0.15) is 0 Å². The molecule has 2 bridgehead atoms. The minimum Gasteiger partial charge on any atom is -0.376 e. The summed E-state index contributed by atoms with van der Waals surface area (Å²) in [5.41, 5.74) is 0.925. The number of anilines is 1. The van der Waals surface area contributed by atoms with E-state index >= 15 is 0 Å².